The summed E-state index contributed by atoms with van der Waals surface area (Å²) >= 11 is 3.41. The van der Waals surface area contributed by atoms with Crippen LogP contribution < -0.4 is 5.32 Å². The third-order valence-electron chi connectivity index (χ3n) is 2.59. The van der Waals surface area contributed by atoms with E-state index >= 15 is 0 Å². The zero-order valence-corrected chi connectivity index (χ0v) is 11.4. The topological polar surface area (TPSA) is 24.9 Å². The van der Waals surface area contributed by atoms with Gasteiger partial charge in [0.1, 0.15) is 5.82 Å². The zero-order valence-electron chi connectivity index (χ0n) is 9.78. The lowest BCUT2D eigenvalue weighted by molar-refractivity contribution is 1.00. The number of hydrogen-bond donors (Lipinski definition) is 1. The quantitative estimate of drug-likeness (QED) is 0.926. The second-order valence-corrected chi connectivity index (χ2v) is 4.90. The Morgan fingerprint density at radius 2 is 2.00 bits per heavy atom. The highest BCUT2D eigenvalue weighted by Crippen LogP contribution is 2.16. The van der Waals surface area contributed by atoms with Gasteiger partial charge in [-0.1, -0.05) is 30.3 Å². The highest BCUT2D eigenvalue weighted by Gasteiger charge is 1.99. The van der Waals surface area contributed by atoms with Crippen molar-refractivity contribution < 1.29 is 0 Å². The lowest BCUT2D eigenvalue weighted by Crippen LogP contribution is -2.07. The van der Waals surface area contributed by atoms with Crippen LogP contribution in [0.1, 0.15) is 11.1 Å². The maximum Gasteiger partial charge on any atom is 0.128 e. The molecule has 2 nitrogen and oxygen atoms in total. The summed E-state index contributed by atoms with van der Waals surface area (Å²) in [5, 5.41) is 3.36. The van der Waals surface area contributed by atoms with E-state index in [9.17, 15) is 0 Å². The molecule has 0 saturated heterocycles. The highest BCUT2D eigenvalue weighted by atomic mass is 79.9. The largest absolute Gasteiger partial charge is 0.370 e. The third kappa shape index (κ3) is 3.56. The van der Waals surface area contributed by atoms with Crippen LogP contribution in [0.25, 0.3) is 0 Å². The van der Waals surface area contributed by atoms with Crippen molar-refractivity contribution in [1.82, 2.24) is 4.98 Å². The van der Waals surface area contributed by atoms with Gasteiger partial charge in [0.15, 0.2) is 0 Å². The van der Waals surface area contributed by atoms with Crippen molar-refractivity contribution in [3.8, 4) is 0 Å². The summed E-state index contributed by atoms with van der Waals surface area (Å²) in [4.78, 5) is 4.35. The highest BCUT2D eigenvalue weighted by molar-refractivity contribution is 9.10. The van der Waals surface area contributed by atoms with Gasteiger partial charge in [-0.15, -0.1) is 0 Å². The van der Waals surface area contributed by atoms with E-state index < -0.39 is 0 Å². The molecule has 2 rings (SSSR count). The molecule has 88 valence electrons. The second-order valence-electron chi connectivity index (χ2n) is 3.98. The van der Waals surface area contributed by atoms with E-state index in [2.05, 4.69) is 63.5 Å². The van der Waals surface area contributed by atoms with Gasteiger partial charge in [0, 0.05) is 17.2 Å². The molecular formula is C14H15BrN2. The van der Waals surface area contributed by atoms with Crippen LogP contribution in [0.15, 0.2) is 47.1 Å². The Bertz CT molecular complexity index is 483. The minimum atomic E-state index is 0.902. The first-order valence-electron chi connectivity index (χ1n) is 5.65. The van der Waals surface area contributed by atoms with E-state index in [0.29, 0.717) is 0 Å². The number of anilines is 1. The van der Waals surface area contributed by atoms with E-state index in [0.717, 1.165) is 28.8 Å². The third-order valence-corrected chi connectivity index (χ3v) is 3.03. The van der Waals surface area contributed by atoms with Crippen LogP contribution >= 0.6 is 15.9 Å². The molecule has 3 heteroatoms. The fraction of sp³-hybridized carbons (Fsp3) is 0.214. The van der Waals surface area contributed by atoms with Crippen LogP contribution in [0.5, 0.6) is 0 Å². The molecule has 0 amide bonds. The number of aryl methyl sites for hydroxylation is 1. The van der Waals surface area contributed by atoms with Crippen LogP contribution in [0.2, 0.25) is 0 Å². The molecule has 0 fully saturated rings. The van der Waals surface area contributed by atoms with Crippen molar-refractivity contribution in [3.63, 3.8) is 0 Å². The molecule has 0 unspecified atom stereocenters. The number of halogens is 1. The van der Waals surface area contributed by atoms with Gasteiger partial charge >= 0.3 is 0 Å². The average molecular weight is 291 g/mol. The molecule has 1 heterocycles. The number of nitrogens with one attached hydrogen (secondary N) is 1. The average Bonchev–Trinajstić information content (AvgIpc) is 2.33. The van der Waals surface area contributed by atoms with E-state index in [-0.39, 0.29) is 0 Å². The van der Waals surface area contributed by atoms with E-state index in [1.165, 1.54) is 5.56 Å². The summed E-state index contributed by atoms with van der Waals surface area (Å²) in [6.07, 6.45) is 2.83. The van der Waals surface area contributed by atoms with Crippen LogP contribution in [0.4, 0.5) is 5.82 Å². The van der Waals surface area contributed by atoms with Crippen LogP contribution in [-0.2, 0) is 6.42 Å². The zero-order chi connectivity index (χ0) is 12.1. The molecule has 0 aliphatic heterocycles. The lowest BCUT2D eigenvalue weighted by Gasteiger charge is -2.08. The normalized spacial score (nSPS) is 10.2. The van der Waals surface area contributed by atoms with Gasteiger partial charge in [0.25, 0.3) is 0 Å². The van der Waals surface area contributed by atoms with E-state index in [1.807, 2.05) is 12.3 Å². The molecule has 0 saturated carbocycles. The summed E-state index contributed by atoms with van der Waals surface area (Å²) in [5.74, 6) is 0.962. The Morgan fingerprint density at radius 1 is 1.24 bits per heavy atom. The molecule has 0 aliphatic rings. The minimum absolute atomic E-state index is 0.902. The molecule has 0 spiro atoms. The van der Waals surface area contributed by atoms with Gasteiger partial charge in [-0.05, 0) is 46.5 Å². The predicted octanol–water partition coefficient (Wildman–Crippen LogP) is 3.81. The standard InChI is InChI=1S/C14H15BrN2/c1-11-9-13(15)10-17-14(11)16-8-7-12-5-3-2-4-6-12/h2-6,9-10H,7-8H2,1H3,(H,16,17). The second kappa shape index (κ2) is 5.82. The molecule has 0 atom stereocenters. The SMILES string of the molecule is Cc1cc(Br)cnc1NCCc1ccccc1. The Balaban J connectivity index is 1.90. The van der Waals surface area contributed by atoms with Crippen molar-refractivity contribution in [2.45, 2.75) is 13.3 Å². The van der Waals surface area contributed by atoms with Crippen molar-refractivity contribution >= 4 is 21.7 Å². The van der Waals surface area contributed by atoms with Crippen molar-refractivity contribution in [3.05, 3.63) is 58.2 Å². The first-order valence-corrected chi connectivity index (χ1v) is 6.45. The molecule has 0 aliphatic carbocycles. The van der Waals surface area contributed by atoms with Gasteiger partial charge in [0.2, 0.25) is 0 Å². The maximum absolute atomic E-state index is 4.35. The van der Waals surface area contributed by atoms with Crippen LogP contribution in [0.3, 0.4) is 0 Å². The summed E-state index contributed by atoms with van der Waals surface area (Å²) < 4.78 is 1.02. The summed E-state index contributed by atoms with van der Waals surface area (Å²) in [5.41, 5.74) is 2.50. The first-order chi connectivity index (χ1) is 8.25. The number of aromatic nitrogens is 1. The van der Waals surface area contributed by atoms with E-state index in [1.54, 1.807) is 0 Å². The Kier molecular flexibility index (Phi) is 4.15. The summed E-state index contributed by atoms with van der Waals surface area (Å²) in [7, 11) is 0. The summed E-state index contributed by atoms with van der Waals surface area (Å²) in [6.45, 7) is 2.96. The summed E-state index contributed by atoms with van der Waals surface area (Å²) in [6, 6.07) is 12.5. The number of hydrogen-bond acceptors (Lipinski definition) is 2. The number of rotatable bonds is 4. The monoisotopic (exact) mass is 290 g/mol. The molecule has 1 N–H and O–H groups in total. The Labute approximate surface area is 110 Å². The maximum atomic E-state index is 4.35. The molecule has 1 aromatic carbocycles. The van der Waals surface area contributed by atoms with Gasteiger partial charge in [-0.2, -0.15) is 0 Å². The Hall–Kier alpha value is -1.35. The first kappa shape index (κ1) is 12.1. The predicted molar refractivity (Wildman–Crippen MR) is 75.3 cm³/mol. The Morgan fingerprint density at radius 3 is 2.71 bits per heavy atom. The van der Waals surface area contributed by atoms with Crippen LogP contribution in [-0.4, -0.2) is 11.5 Å². The molecule has 0 radical (unpaired) electrons. The smallest absolute Gasteiger partial charge is 0.128 e. The minimum Gasteiger partial charge on any atom is -0.370 e. The van der Waals surface area contributed by atoms with Crippen LogP contribution in [0, 0.1) is 6.92 Å². The molecular weight excluding hydrogens is 276 g/mol. The molecule has 2 aromatic rings. The van der Waals surface area contributed by atoms with Crippen molar-refractivity contribution in [2.24, 2.45) is 0 Å². The van der Waals surface area contributed by atoms with Gasteiger partial charge < -0.3 is 5.32 Å². The molecule has 1 aromatic heterocycles. The van der Waals surface area contributed by atoms with Gasteiger partial charge in [-0.3, -0.25) is 0 Å². The molecule has 17 heavy (non-hydrogen) atoms. The lowest BCUT2D eigenvalue weighted by atomic mass is 10.1. The number of pyridine rings is 1. The van der Waals surface area contributed by atoms with Gasteiger partial charge in [0.05, 0.1) is 0 Å². The number of benzene rings is 1. The van der Waals surface area contributed by atoms with Gasteiger partial charge in [-0.25, -0.2) is 4.98 Å². The fourth-order valence-electron chi connectivity index (χ4n) is 1.70. The number of nitrogens with zero attached hydrogens (tertiary/aromatic N) is 1. The van der Waals surface area contributed by atoms with E-state index in [4.69, 9.17) is 0 Å². The fourth-order valence-corrected chi connectivity index (χ4v) is 2.14. The van der Waals surface area contributed by atoms with Crippen molar-refractivity contribution in [1.29, 1.82) is 0 Å². The molecule has 0 bridgehead atoms. The van der Waals surface area contributed by atoms with Crippen molar-refractivity contribution in [2.75, 3.05) is 11.9 Å².